The van der Waals surface area contributed by atoms with Gasteiger partial charge in [0.15, 0.2) is 0 Å². The number of nitrogens with one attached hydrogen (secondary N) is 3. The van der Waals surface area contributed by atoms with Crippen LogP contribution >= 0.6 is 0 Å². The van der Waals surface area contributed by atoms with E-state index in [1.807, 2.05) is 54.9 Å². The van der Waals surface area contributed by atoms with Crippen LogP contribution in [0.3, 0.4) is 0 Å². The van der Waals surface area contributed by atoms with Crippen molar-refractivity contribution in [2.75, 3.05) is 62.7 Å². The minimum absolute atomic E-state index is 0.194. The van der Waals surface area contributed by atoms with Gasteiger partial charge in [-0.1, -0.05) is 18.2 Å². The summed E-state index contributed by atoms with van der Waals surface area (Å²) in [5.74, 6) is 2.27. The molecular formula is C28H32N8O2. The first kappa shape index (κ1) is 24.5. The van der Waals surface area contributed by atoms with Crippen LogP contribution in [-0.2, 0) is 4.74 Å². The lowest BCUT2D eigenvalue weighted by Gasteiger charge is -2.28. The van der Waals surface area contributed by atoms with Gasteiger partial charge in [0.25, 0.3) is 0 Å². The number of pyridine rings is 2. The Morgan fingerprint density at radius 2 is 1.95 bits per heavy atom. The van der Waals surface area contributed by atoms with E-state index in [0.29, 0.717) is 12.6 Å². The fourth-order valence-electron chi connectivity index (χ4n) is 4.75. The van der Waals surface area contributed by atoms with E-state index in [4.69, 9.17) is 14.5 Å². The molecule has 2 fully saturated rings. The molecular weight excluding hydrogens is 480 g/mol. The summed E-state index contributed by atoms with van der Waals surface area (Å²) in [6, 6.07) is 13.9. The number of hydrogen-bond donors (Lipinski definition) is 3. The molecule has 2 aliphatic heterocycles. The van der Waals surface area contributed by atoms with E-state index in [1.54, 1.807) is 6.20 Å². The van der Waals surface area contributed by atoms with Crippen LogP contribution in [0.4, 0.5) is 17.5 Å². The number of aromatic nitrogens is 4. The minimum Gasteiger partial charge on any atom is -0.493 e. The third-order valence-corrected chi connectivity index (χ3v) is 6.78. The fraction of sp³-hybridized carbons (Fsp3) is 0.357. The van der Waals surface area contributed by atoms with Crippen molar-refractivity contribution in [3.05, 3.63) is 61.1 Å². The predicted molar refractivity (Wildman–Crippen MR) is 148 cm³/mol. The van der Waals surface area contributed by atoms with E-state index < -0.39 is 0 Å². The minimum atomic E-state index is 0.194. The lowest BCUT2D eigenvalue weighted by molar-refractivity contribution is 0.0159. The predicted octanol–water partition coefficient (Wildman–Crippen LogP) is 3.00. The number of nitrogens with zero attached hydrogens (tertiary/aromatic N) is 5. The normalized spacial score (nSPS) is 17.9. The Labute approximate surface area is 221 Å². The van der Waals surface area contributed by atoms with E-state index >= 15 is 0 Å². The Morgan fingerprint density at radius 1 is 1.00 bits per heavy atom. The van der Waals surface area contributed by atoms with Gasteiger partial charge in [0.05, 0.1) is 42.4 Å². The highest BCUT2D eigenvalue weighted by Gasteiger charge is 2.15. The molecule has 0 spiro atoms. The second-order valence-corrected chi connectivity index (χ2v) is 9.41. The zero-order valence-corrected chi connectivity index (χ0v) is 21.3. The summed E-state index contributed by atoms with van der Waals surface area (Å²) in [4.78, 5) is 20.9. The van der Waals surface area contributed by atoms with Crippen molar-refractivity contribution in [3.8, 4) is 17.0 Å². The highest BCUT2D eigenvalue weighted by atomic mass is 16.5. The maximum Gasteiger partial charge on any atom is 0.227 e. The van der Waals surface area contributed by atoms with Gasteiger partial charge >= 0.3 is 0 Å². The van der Waals surface area contributed by atoms with Gasteiger partial charge in [-0.2, -0.15) is 0 Å². The first-order valence-electron chi connectivity index (χ1n) is 13.2. The maximum absolute atomic E-state index is 6.03. The molecule has 0 amide bonds. The van der Waals surface area contributed by atoms with Gasteiger partial charge in [-0.15, -0.1) is 0 Å². The van der Waals surface area contributed by atoms with E-state index in [0.717, 1.165) is 91.7 Å². The molecule has 2 aliphatic rings. The molecule has 1 atom stereocenters. The summed E-state index contributed by atoms with van der Waals surface area (Å²) in [5.41, 5.74) is 3.38. The number of piperazine rings is 1. The van der Waals surface area contributed by atoms with Gasteiger partial charge in [-0.3, -0.25) is 4.98 Å². The van der Waals surface area contributed by atoms with Crippen LogP contribution in [0.5, 0.6) is 5.75 Å². The molecule has 0 saturated carbocycles. The third-order valence-electron chi connectivity index (χ3n) is 6.78. The molecule has 3 aromatic heterocycles. The molecule has 4 aromatic rings. The molecule has 0 radical (unpaired) electrons. The number of para-hydroxylation sites is 1. The van der Waals surface area contributed by atoms with Gasteiger partial charge in [0.2, 0.25) is 5.95 Å². The highest BCUT2D eigenvalue weighted by Crippen LogP contribution is 2.29. The summed E-state index contributed by atoms with van der Waals surface area (Å²) in [5, 5.41) is 11.0. The molecule has 1 unspecified atom stereocenters. The monoisotopic (exact) mass is 512 g/mol. The Hall–Kier alpha value is -3.86. The molecule has 0 aliphatic carbocycles. The smallest absolute Gasteiger partial charge is 0.227 e. The third kappa shape index (κ3) is 5.83. The molecule has 2 saturated heterocycles. The average molecular weight is 513 g/mol. The first-order chi connectivity index (χ1) is 18.8. The van der Waals surface area contributed by atoms with Gasteiger partial charge in [0.1, 0.15) is 11.6 Å². The van der Waals surface area contributed by atoms with E-state index in [1.165, 1.54) is 0 Å². The second-order valence-electron chi connectivity index (χ2n) is 9.41. The van der Waals surface area contributed by atoms with E-state index in [9.17, 15) is 0 Å². The molecule has 5 heterocycles. The highest BCUT2D eigenvalue weighted by molar-refractivity contribution is 5.93. The number of fused-ring (bicyclic) bond motifs is 1. The number of benzene rings is 1. The van der Waals surface area contributed by atoms with E-state index in [-0.39, 0.29) is 6.10 Å². The van der Waals surface area contributed by atoms with Gasteiger partial charge in [-0.25, -0.2) is 15.0 Å². The van der Waals surface area contributed by atoms with Crippen molar-refractivity contribution in [1.82, 2.24) is 30.6 Å². The summed E-state index contributed by atoms with van der Waals surface area (Å²) < 4.78 is 11.8. The number of ether oxygens (including phenoxy) is 2. The number of rotatable bonds is 8. The maximum atomic E-state index is 6.03. The molecule has 196 valence electrons. The molecule has 0 bridgehead atoms. The van der Waals surface area contributed by atoms with Crippen LogP contribution in [0, 0.1) is 0 Å². The second kappa shape index (κ2) is 11.7. The topological polar surface area (TPSA) is 109 Å². The molecule has 38 heavy (non-hydrogen) atoms. The van der Waals surface area contributed by atoms with Crippen LogP contribution in [0.1, 0.15) is 6.42 Å². The Kier molecular flexibility index (Phi) is 7.52. The SMILES string of the molecule is c1cc(-c2cc(OCCC3CNCCO3)ccn2)c2nc(Nc3ccc(N4CCNCC4)nc3)ncc2c1. The fourth-order valence-corrected chi connectivity index (χ4v) is 4.75. The zero-order chi connectivity index (χ0) is 25.6. The summed E-state index contributed by atoms with van der Waals surface area (Å²) >= 11 is 0. The molecule has 3 N–H and O–H groups in total. The quantitative estimate of drug-likeness (QED) is 0.326. The Bertz CT molecular complexity index is 1350. The Balaban J connectivity index is 1.17. The van der Waals surface area contributed by atoms with Crippen molar-refractivity contribution in [3.63, 3.8) is 0 Å². The Morgan fingerprint density at radius 3 is 2.79 bits per heavy atom. The van der Waals surface area contributed by atoms with Crippen LogP contribution in [0.25, 0.3) is 22.2 Å². The summed E-state index contributed by atoms with van der Waals surface area (Å²) in [6.45, 7) is 7.00. The van der Waals surface area contributed by atoms with Crippen molar-refractivity contribution in [1.29, 1.82) is 0 Å². The zero-order valence-electron chi connectivity index (χ0n) is 21.3. The van der Waals surface area contributed by atoms with Gasteiger partial charge in [0, 0.05) is 75.1 Å². The van der Waals surface area contributed by atoms with Crippen molar-refractivity contribution in [2.45, 2.75) is 12.5 Å². The average Bonchev–Trinajstić information content (AvgIpc) is 2.98. The van der Waals surface area contributed by atoms with Crippen molar-refractivity contribution < 1.29 is 9.47 Å². The number of anilines is 3. The number of hydrogen-bond acceptors (Lipinski definition) is 10. The molecule has 1 aromatic carbocycles. The summed E-state index contributed by atoms with van der Waals surface area (Å²) in [6.07, 6.45) is 6.46. The van der Waals surface area contributed by atoms with Crippen molar-refractivity contribution in [2.24, 2.45) is 0 Å². The number of morpholine rings is 1. The summed E-state index contributed by atoms with van der Waals surface area (Å²) in [7, 11) is 0. The van der Waals surface area contributed by atoms with Gasteiger partial charge < -0.3 is 30.3 Å². The lowest BCUT2D eigenvalue weighted by atomic mass is 10.1. The molecule has 10 nitrogen and oxygen atoms in total. The standard InChI is InChI=1S/C28H32N8O2/c1-2-20-17-33-28(34-21-4-5-26(32-18-21)36-12-9-29-10-13-36)35-27(20)24(3-1)25-16-22(6-8-31-25)37-14-7-23-19-30-11-15-38-23/h1-6,8,16-18,23,29-30H,7,9-15,19H2,(H,33,34,35). The van der Waals surface area contributed by atoms with Crippen LogP contribution in [-0.4, -0.2) is 78.5 Å². The first-order valence-corrected chi connectivity index (χ1v) is 13.2. The molecule has 6 rings (SSSR count). The van der Waals surface area contributed by atoms with Crippen LogP contribution in [0.2, 0.25) is 0 Å². The van der Waals surface area contributed by atoms with E-state index in [2.05, 4.69) is 35.8 Å². The molecule has 10 heteroatoms. The van der Waals surface area contributed by atoms with Crippen molar-refractivity contribution >= 4 is 28.4 Å². The van der Waals surface area contributed by atoms with Gasteiger partial charge in [-0.05, 0) is 18.2 Å². The largest absolute Gasteiger partial charge is 0.493 e. The van der Waals surface area contributed by atoms with Crippen LogP contribution < -0.4 is 25.6 Å². The van der Waals surface area contributed by atoms with Crippen LogP contribution in [0.15, 0.2) is 61.1 Å². The lowest BCUT2D eigenvalue weighted by Crippen LogP contribution is -2.43.